The van der Waals surface area contributed by atoms with Crippen molar-refractivity contribution in [1.82, 2.24) is 10.6 Å². The normalized spacial score (nSPS) is 18.8. The number of carbonyl (C=O) groups excluding carboxylic acids is 1. The van der Waals surface area contributed by atoms with E-state index in [0.717, 1.165) is 12.8 Å². The number of hydrogen-bond donors (Lipinski definition) is 3. The van der Waals surface area contributed by atoms with Crippen LogP contribution in [0.1, 0.15) is 33.6 Å². The van der Waals surface area contributed by atoms with Crippen molar-refractivity contribution in [1.29, 1.82) is 0 Å². The quantitative estimate of drug-likeness (QED) is 0.648. The van der Waals surface area contributed by atoms with Crippen molar-refractivity contribution in [3.63, 3.8) is 0 Å². The van der Waals surface area contributed by atoms with Crippen LogP contribution < -0.4 is 16.4 Å². The Hall–Kier alpha value is -0.320. The zero-order chi connectivity index (χ0) is 11.5. The highest BCUT2D eigenvalue weighted by molar-refractivity contribution is 5.85. The lowest BCUT2D eigenvalue weighted by Crippen LogP contribution is -2.55. The molecule has 1 unspecified atom stereocenters. The molecular formula is C11H24ClN3O. The molecule has 0 radical (unpaired) electrons. The van der Waals surface area contributed by atoms with Gasteiger partial charge in [0.2, 0.25) is 5.91 Å². The molecule has 0 spiro atoms. The van der Waals surface area contributed by atoms with Crippen molar-refractivity contribution < 1.29 is 4.79 Å². The van der Waals surface area contributed by atoms with Crippen molar-refractivity contribution in [2.45, 2.75) is 45.2 Å². The van der Waals surface area contributed by atoms with Gasteiger partial charge in [0.15, 0.2) is 0 Å². The lowest BCUT2D eigenvalue weighted by Gasteiger charge is -2.33. The fourth-order valence-electron chi connectivity index (χ4n) is 1.30. The van der Waals surface area contributed by atoms with Crippen molar-refractivity contribution in [2.75, 3.05) is 13.1 Å². The molecule has 1 aliphatic carbocycles. The Kier molecular flexibility index (Phi) is 6.30. The third-order valence-electron chi connectivity index (χ3n) is 3.29. The van der Waals surface area contributed by atoms with Crippen LogP contribution in [-0.2, 0) is 4.79 Å². The van der Waals surface area contributed by atoms with Gasteiger partial charge < -0.3 is 16.4 Å². The summed E-state index contributed by atoms with van der Waals surface area (Å²) >= 11 is 0. The SMILES string of the molecule is CC(C)C(C)(CN)NCC(=O)NC1CC1.Cl. The first-order chi connectivity index (χ1) is 6.98. The van der Waals surface area contributed by atoms with Gasteiger partial charge in [0, 0.05) is 18.1 Å². The van der Waals surface area contributed by atoms with E-state index >= 15 is 0 Å². The van der Waals surface area contributed by atoms with E-state index in [1.54, 1.807) is 0 Å². The molecule has 4 N–H and O–H groups in total. The van der Waals surface area contributed by atoms with Gasteiger partial charge in [-0.3, -0.25) is 4.79 Å². The van der Waals surface area contributed by atoms with Gasteiger partial charge >= 0.3 is 0 Å². The summed E-state index contributed by atoms with van der Waals surface area (Å²) in [7, 11) is 0. The van der Waals surface area contributed by atoms with Gasteiger partial charge in [0.1, 0.15) is 0 Å². The molecule has 1 atom stereocenters. The Labute approximate surface area is 104 Å². The Balaban J connectivity index is 0.00000225. The van der Waals surface area contributed by atoms with Crippen LogP contribution in [0, 0.1) is 5.92 Å². The van der Waals surface area contributed by atoms with Crippen LogP contribution in [0.5, 0.6) is 0 Å². The van der Waals surface area contributed by atoms with Crippen LogP contribution in [0.25, 0.3) is 0 Å². The molecule has 1 saturated carbocycles. The molecule has 1 rings (SSSR count). The van der Waals surface area contributed by atoms with Crippen molar-refractivity contribution >= 4 is 18.3 Å². The summed E-state index contributed by atoms with van der Waals surface area (Å²) in [5.41, 5.74) is 5.56. The summed E-state index contributed by atoms with van der Waals surface area (Å²) in [6.45, 7) is 7.18. The highest BCUT2D eigenvalue weighted by Gasteiger charge is 2.28. The Morgan fingerprint density at radius 3 is 2.44 bits per heavy atom. The van der Waals surface area contributed by atoms with Crippen molar-refractivity contribution in [3.8, 4) is 0 Å². The Morgan fingerprint density at radius 1 is 1.50 bits per heavy atom. The Bertz CT molecular complexity index is 231. The van der Waals surface area contributed by atoms with E-state index in [2.05, 4.69) is 31.4 Å². The summed E-state index contributed by atoms with van der Waals surface area (Å²) < 4.78 is 0. The molecule has 0 aliphatic heterocycles. The van der Waals surface area contributed by atoms with Gasteiger partial charge in [-0.1, -0.05) is 13.8 Å². The molecule has 16 heavy (non-hydrogen) atoms. The third-order valence-corrected chi connectivity index (χ3v) is 3.29. The topological polar surface area (TPSA) is 67.1 Å². The van der Waals surface area contributed by atoms with E-state index in [9.17, 15) is 4.79 Å². The highest BCUT2D eigenvalue weighted by atomic mass is 35.5. The van der Waals surface area contributed by atoms with Crippen LogP contribution in [0.3, 0.4) is 0 Å². The molecular weight excluding hydrogens is 226 g/mol. The second kappa shape index (κ2) is 6.42. The maximum atomic E-state index is 11.5. The second-order valence-electron chi connectivity index (χ2n) is 4.97. The molecule has 0 aromatic carbocycles. The second-order valence-corrected chi connectivity index (χ2v) is 4.97. The average Bonchev–Trinajstić information content (AvgIpc) is 2.97. The molecule has 0 saturated heterocycles. The van der Waals surface area contributed by atoms with E-state index in [0.29, 0.717) is 25.0 Å². The lowest BCUT2D eigenvalue weighted by atomic mass is 9.88. The van der Waals surface area contributed by atoms with Gasteiger partial charge in [-0.15, -0.1) is 12.4 Å². The third kappa shape index (κ3) is 4.68. The minimum atomic E-state index is -0.152. The average molecular weight is 250 g/mol. The van der Waals surface area contributed by atoms with Crippen molar-refractivity contribution in [3.05, 3.63) is 0 Å². The van der Waals surface area contributed by atoms with Crippen LogP contribution in [0.2, 0.25) is 0 Å². The number of halogens is 1. The van der Waals surface area contributed by atoms with Crippen LogP contribution in [0.15, 0.2) is 0 Å². The van der Waals surface area contributed by atoms with Gasteiger partial charge in [-0.2, -0.15) is 0 Å². The summed E-state index contributed by atoms with van der Waals surface area (Å²) in [5, 5.41) is 6.19. The minimum absolute atomic E-state index is 0. The number of hydrogen-bond acceptors (Lipinski definition) is 3. The largest absolute Gasteiger partial charge is 0.352 e. The highest BCUT2D eigenvalue weighted by Crippen LogP contribution is 2.18. The molecule has 1 amide bonds. The first-order valence-corrected chi connectivity index (χ1v) is 5.72. The first-order valence-electron chi connectivity index (χ1n) is 5.72. The number of rotatable bonds is 6. The number of nitrogens with two attached hydrogens (primary N) is 1. The molecule has 96 valence electrons. The molecule has 4 nitrogen and oxygen atoms in total. The van der Waals surface area contributed by atoms with Crippen LogP contribution in [-0.4, -0.2) is 30.6 Å². The zero-order valence-electron chi connectivity index (χ0n) is 10.4. The molecule has 1 aliphatic rings. The fraction of sp³-hybridized carbons (Fsp3) is 0.909. The number of carbonyl (C=O) groups is 1. The smallest absolute Gasteiger partial charge is 0.234 e. The first kappa shape index (κ1) is 15.7. The lowest BCUT2D eigenvalue weighted by molar-refractivity contribution is -0.120. The summed E-state index contributed by atoms with van der Waals surface area (Å²) in [6, 6.07) is 0.433. The zero-order valence-corrected chi connectivity index (χ0v) is 11.2. The molecule has 0 aromatic rings. The van der Waals surface area contributed by atoms with E-state index in [4.69, 9.17) is 5.73 Å². The maximum absolute atomic E-state index is 11.5. The molecule has 0 heterocycles. The van der Waals surface area contributed by atoms with Gasteiger partial charge in [-0.25, -0.2) is 0 Å². The summed E-state index contributed by atoms with van der Waals surface area (Å²) in [4.78, 5) is 11.5. The molecule has 0 aromatic heterocycles. The fourth-order valence-corrected chi connectivity index (χ4v) is 1.30. The Morgan fingerprint density at radius 2 is 2.06 bits per heavy atom. The van der Waals surface area contributed by atoms with Gasteiger partial charge in [-0.05, 0) is 25.7 Å². The molecule has 0 bridgehead atoms. The van der Waals surface area contributed by atoms with E-state index in [1.807, 2.05) is 0 Å². The van der Waals surface area contributed by atoms with Crippen molar-refractivity contribution in [2.24, 2.45) is 11.7 Å². The van der Waals surface area contributed by atoms with E-state index < -0.39 is 0 Å². The maximum Gasteiger partial charge on any atom is 0.234 e. The summed E-state index contributed by atoms with van der Waals surface area (Å²) in [5.74, 6) is 0.494. The molecule has 5 heteroatoms. The monoisotopic (exact) mass is 249 g/mol. The molecule has 1 fully saturated rings. The predicted octanol–water partition coefficient (Wildman–Crippen LogP) is 0.650. The van der Waals surface area contributed by atoms with Gasteiger partial charge in [0.05, 0.1) is 6.54 Å². The van der Waals surface area contributed by atoms with Crippen LogP contribution >= 0.6 is 12.4 Å². The van der Waals surface area contributed by atoms with E-state index in [-0.39, 0.29) is 23.9 Å². The van der Waals surface area contributed by atoms with E-state index in [1.165, 1.54) is 0 Å². The summed E-state index contributed by atoms with van der Waals surface area (Å²) in [6.07, 6.45) is 2.26. The predicted molar refractivity (Wildman–Crippen MR) is 68.7 cm³/mol. The van der Waals surface area contributed by atoms with Gasteiger partial charge in [0.25, 0.3) is 0 Å². The van der Waals surface area contributed by atoms with Crippen LogP contribution in [0.4, 0.5) is 0 Å². The number of nitrogens with one attached hydrogen (secondary N) is 2. The standard InChI is InChI=1S/C11H23N3O.ClH/c1-8(2)11(3,7-12)13-6-10(15)14-9-4-5-9;/h8-9,13H,4-7,12H2,1-3H3,(H,14,15);1H. The number of amides is 1. The minimum Gasteiger partial charge on any atom is -0.352 e.